The predicted octanol–water partition coefficient (Wildman–Crippen LogP) is 2.73. The number of methoxy groups -OCH3 is 1. The molecule has 3 nitrogen and oxygen atoms in total. The average Bonchev–Trinajstić information content (AvgIpc) is 2.38. The van der Waals surface area contributed by atoms with Crippen molar-refractivity contribution in [2.45, 2.75) is 12.6 Å². The van der Waals surface area contributed by atoms with Gasteiger partial charge in [0.05, 0.1) is 12.2 Å². The van der Waals surface area contributed by atoms with Crippen LogP contribution in [0.1, 0.15) is 12.0 Å². The summed E-state index contributed by atoms with van der Waals surface area (Å²) in [5.74, 6) is 0.256. The van der Waals surface area contributed by atoms with Crippen LogP contribution in [0.25, 0.3) is 0 Å². The van der Waals surface area contributed by atoms with Crippen molar-refractivity contribution in [1.82, 2.24) is 0 Å². The number of ether oxygens (including phenoxy) is 2. The van der Waals surface area contributed by atoms with Crippen LogP contribution in [-0.2, 0) is 10.9 Å². The zero-order valence-corrected chi connectivity index (χ0v) is 10.6. The van der Waals surface area contributed by atoms with Gasteiger partial charge in [-0.2, -0.15) is 13.2 Å². The van der Waals surface area contributed by atoms with Crippen molar-refractivity contribution in [3.8, 4) is 5.75 Å². The van der Waals surface area contributed by atoms with Crippen molar-refractivity contribution in [1.29, 1.82) is 0 Å². The number of rotatable bonds is 7. The van der Waals surface area contributed by atoms with Crippen molar-refractivity contribution in [2.75, 3.05) is 26.9 Å². The van der Waals surface area contributed by atoms with Gasteiger partial charge < -0.3 is 14.6 Å². The van der Waals surface area contributed by atoms with Gasteiger partial charge in [-0.3, -0.25) is 0 Å². The topological polar surface area (TPSA) is 38.7 Å². The van der Waals surface area contributed by atoms with Gasteiger partial charge in [0.25, 0.3) is 0 Å². The molecular formula is C13H17F3O3. The summed E-state index contributed by atoms with van der Waals surface area (Å²) in [5, 5.41) is 9.10. The Bertz CT molecular complexity index is 362. The molecule has 1 atom stereocenters. The van der Waals surface area contributed by atoms with Crippen LogP contribution >= 0.6 is 0 Å². The highest BCUT2D eigenvalue weighted by Crippen LogP contribution is 2.30. The minimum atomic E-state index is -4.34. The third kappa shape index (κ3) is 5.48. The van der Waals surface area contributed by atoms with Crippen molar-refractivity contribution >= 4 is 0 Å². The Morgan fingerprint density at radius 1 is 1.21 bits per heavy atom. The van der Waals surface area contributed by atoms with Gasteiger partial charge in [-0.1, -0.05) is 0 Å². The van der Waals surface area contributed by atoms with E-state index >= 15 is 0 Å². The highest BCUT2D eigenvalue weighted by Gasteiger charge is 2.30. The maximum Gasteiger partial charge on any atom is 0.416 e. The number of hydrogen-bond acceptors (Lipinski definition) is 3. The fourth-order valence-electron chi connectivity index (χ4n) is 1.47. The molecule has 0 radical (unpaired) electrons. The second kappa shape index (κ2) is 7.35. The van der Waals surface area contributed by atoms with E-state index in [1.54, 1.807) is 7.11 Å². The van der Waals surface area contributed by atoms with Crippen molar-refractivity contribution in [2.24, 2.45) is 5.92 Å². The number of hydrogen-bond donors (Lipinski definition) is 1. The molecule has 1 N–H and O–H groups in total. The number of benzene rings is 1. The Labute approximate surface area is 110 Å². The fraction of sp³-hybridized carbons (Fsp3) is 0.538. The molecule has 0 aromatic heterocycles. The van der Waals surface area contributed by atoms with E-state index in [0.29, 0.717) is 18.8 Å². The van der Waals surface area contributed by atoms with E-state index in [1.165, 1.54) is 12.1 Å². The van der Waals surface area contributed by atoms with Gasteiger partial charge in [-0.25, -0.2) is 0 Å². The molecule has 0 saturated heterocycles. The first-order chi connectivity index (χ1) is 8.97. The van der Waals surface area contributed by atoms with Gasteiger partial charge in [0.2, 0.25) is 0 Å². The number of aliphatic hydroxyl groups excluding tert-OH is 1. The summed E-state index contributed by atoms with van der Waals surface area (Å²) >= 11 is 0. The van der Waals surface area contributed by atoms with Crippen LogP contribution < -0.4 is 4.74 Å². The Morgan fingerprint density at radius 3 is 2.32 bits per heavy atom. The zero-order valence-electron chi connectivity index (χ0n) is 10.6. The minimum absolute atomic E-state index is 0.0516. The van der Waals surface area contributed by atoms with Crippen LogP contribution in [0.3, 0.4) is 0 Å². The lowest BCUT2D eigenvalue weighted by Crippen LogP contribution is -2.18. The predicted molar refractivity (Wildman–Crippen MR) is 64.0 cm³/mol. The summed E-state index contributed by atoms with van der Waals surface area (Å²) in [4.78, 5) is 0. The molecule has 108 valence electrons. The maximum atomic E-state index is 12.3. The van der Waals surface area contributed by atoms with Gasteiger partial charge in [0.1, 0.15) is 5.75 Å². The van der Waals surface area contributed by atoms with Gasteiger partial charge in [0.15, 0.2) is 0 Å². The third-order valence-corrected chi connectivity index (χ3v) is 2.66. The first-order valence-corrected chi connectivity index (χ1v) is 5.87. The monoisotopic (exact) mass is 278 g/mol. The normalized spacial score (nSPS) is 13.3. The number of aliphatic hydroxyl groups is 1. The van der Waals surface area contributed by atoms with Crippen molar-refractivity contribution in [3.63, 3.8) is 0 Å². The molecule has 1 aromatic carbocycles. The van der Waals surface area contributed by atoms with Gasteiger partial charge in [-0.15, -0.1) is 0 Å². The lowest BCUT2D eigenvalue weighted by molar-refractivity contribution is -0.137. The molecule has 0 saturated carbocycles. The zero-order chi connectivity index (χ0) is 14.3. The molecule has 0 heterocycles. The van der Waals surface area contributed by atoms with E-state index in [2.05, 4.69) is 0 Å². The molecule has 0 aliphatic heterocycles. The second-order valence-electron chi connectivity index (χ2n) is 4.16. The molecule has 0 fully saturated rings. The summed E-state index contributed by atoms with van der Waals surface area (Å²) in [7, 11) is 1.56. The van der Waals surface area contributed by atoms with Crippen molar-refractivity contribution < 1.29 is 27.8 Å². The smallest absolute Gasteiger partial charge is 0.416 e. The third-order valence-electron chi connectivity index (χ3n) is 2.66. The van der Waals surface area contributed by atoms with E-state index in [4.69, 9.17) is 14.6 Å². The van der Waals surface area contributed by atoms with Crippen molar-refractivity contribution in [3.05, 3.63) is 29.8 Å². The number of alkyl halides is 3. The minimum Gasteiger partial charge on any atom is -0.493 e. The van der Waals surface area contributed by atoms with Crippen LogP contribution in [0.2, 0.25) is 0 Å². The molecule has 6 heteroatoms. The first kappa shape index (κ1) is 15.8. The highest BCUT2D eigenvalue weighted by molar-refractivity contribution is 5.28. The molecule has 0 aliphatic rings. The second-order valence-corrected chi connectivity index (χ2v) is 4.16. The van der Waals surface area contributed by atoms with Gasteiger partial charge in [-0.05, 0) is 30.7 Å². The summed E-state index contributed by atoms with van der Waals surface area (Å²) in [6, 6.07) is 4.48. The van der Waals surface area contributed by atoms with Gasteiger partial charge in [0, 0.05) is 26.2 Å². The molecule has 0 amide bonds. The van der Waals surface area contributed by atoms with Crippen LogP contribution in [0.5, 0.6) is 5.75 Å². The molecule has 0 aliphatic carbocycles. The molecule has 0 spiro atoms. The van der Waals surface area contributed by atoms with E-state index in [9.17, 15) is 13.2 Å². The Morgan fingerprint density at radius 2 is 1.84 bits per heavy atom. The SMILES string of the molecule is COCCC(CO)COc1ccc(C(F)(F)F)cc1. The Balaban J connectivity index is 2.49. The van der Waals surface area contributed by atoms with E-state index in [0.717, 1.165) is 12.1 Å². The molecule has 0 bridgehead atoms. The fourth-order valence-corrected chi connectivity index (χ4v) is 1.47. The largest absolute Gasteiger partial charge is 0.493 e. The summed E-state index contributed by atoms with van der Waals surface area (Å²) in [6.07, 6.45) is -3.71. The average molecular weight is 278 g/mol. The highest BCUT2D eigenvalue weighted by atomic mass is 19.4. The van der Waals surface area contributed by atoms with Crippen LogP contribution in [0.4, 0.5) is 13.2 Å². The molecule has 19 heavy (non-hydrogen) atoms. The maximum absolute atomic E-state index is 12.3. The molecule has 1 unspecified atom stereocenters. The molecule has 1 aromatic rings. The molecule has 1 rings (SSSR count). The van der Waals surface area contributed by atoms with Crippen LogP contribution in [0, 0.1) is 5.92 Å². The van der Waals surface area contributed by atoms with Crippen LogP contribution in [-0.4, -0.2) is 32.0 Å². The van der Waals surface area contributed by atoms with Gasteiger partial charge >= 0.3 is 6.18 Å². The Hall–Kier alpha value is -1.27. The lowest BCUT2D eigenvalue weighted by atomic mass is 10.1. The molecular weight excluding hydrogens is 261 g/mol. The van der Waals surface area contributed by atoms with E-state index in [1.807, 2.05) is 0 Å². The van der Waals surface area contributed by atoms with E-state index in [-0.39, 0.29) is 19.1 Å². The Kier molecular flexibility index (Phi) is 6.11. The number of halogens is 3. The summed E-state index contributed by atoms with van der Waals surface area (Å²) < 4.78 is 47.2. The summed E-state index contributed by atoms with van der Waals surface area (Å²) in [6.45, 7) is 0.691. The summed E-state index contributed by atoms with van der Waals surface area (Å²) in [5.41, 5.74) is -0.710. The van der Waals surface area contributed by atoms with Crippen LogP contribution in [0.15, 0.2) is 24.3 Å². The quantitative estimate of drug-likeness (QED) is 0.833. The lowest BCUT2D eigenvalue weighted by Gasteiger charge is -2.15. The first-order valence-electron chi connectivity index (χ1n) is 5.87. The standard InChI is InChI=1S/C13H17F3O3/c1-18-7-6-10(8-17)9-19-12-4-2-11(3-5-12)13(14,15)16/h2-5,10,17H,6-9H2,1H3. The van der Waals surface area contributed by atoms with E-state index < -0.39 is 11.7 Å².